The molecule has 0 fully saturated rings. The summed E-state index contributed by atoms with van der Waals surface area (Å²) in [5, 5.41) is 0. The highest BCUT2D eigenvalue weighted by Crippen LogP contribution is 2.11. The van der Waals surface area contributed by atoms with Crippen LogP contribution in [0.25, 0.3) is 6.08 Å². The number of nitrogens with two attached hydrogens (primary N) is 1. The number of likely N-dealkylation sites (N-methyl/N-ethyl adjacent to an activating group) is 1. The lowest BCUT2D eigenvalue weighted by Gasteiger charge is -2.25. The van der Waals surface area contributed by atoms with E-state index < -0.39 is 0 Å². The van der Waals surface area contributed by atoms with Crippen LogP contribution in [0.4, 0.5) is 5.69 Å². The van der Waals surface area contributed by atoms with Crippen molar-refractivity contribution >= 4 is 29.4 Å². The van der Waals surface area contributed by atoms with Gasteiger partial charge in [0.25, 0.3) is 0 Å². The predicted octanol–water partition coefficient (Wildman–Crippen LogP) is 2.88. The zero-order chi connectivity index (χ0) is 14.3. The van der Waals surface area contributed by atoms with Crippen LogP contribution in [-0.2, 0) is 4.79 Å². The molecule has 104 valence electrons. The molecule has 4 heteroatoms. The zero-order valence-electron chi connectivity index (χ0n) is 11.8. The number of carbonyl (C=O) groups is 1. The zero-order valence-corrected chi connectivity index (χ0v) is 12.6. The Morgan fingerprint density at radius 1 is 1.42 bits per heavy atom. The van der Waals surface area contributed by atoms with Gasteiger partial charge in [-0.2, -0.15) is 11.8 Å². The molecule has 1 atom stereocenters. The van der Waals surface area contributed by atoms with Gasteiger partial charge in [0.1, 0.15) is 0 Å². The molecule has 1 aromatic carbocycles. The highest BCUT2D eigenvalue weighted by Gasteiger charge is 2.15. The third kappa shape index (κ3) is 4.99. The standard InChI is InChI=1S/C15H22N2OS/c1-4-14(11-19-3)17(2)15(18)10-7-12-5-8-13(16)9-6-12/h5-10,14H,4,11,16H2,1-3H3/b10-7+. The number of rotatable bonds is 6. The first-order chi connectivity index (χ1) is 9.08. The Kier molecular flexibility index (Phi) is 6.50. The van der Waals surface area contributed by atoms with Crippen molar-refractivity contribution in [1.82, 2.24) is 4.90 Å². The summed E-state index contributed by atoms with van der Waals surface area (Å²) in [5.74, 6) is 1.01. The Morgan fingerprint density at radius 2 is 2.05 bits per heavy atom. The highest BCUT2D eigenvalue weighted by atomic mass is 32.2. The minimum atomic E-state index is 0.0396. The molecular formula is C15H22N2OS. The predicted molar refractivity (Wildman–Crippen MR) is 85.1 cm³/mol. The average molecular weight is 278 g/mol. The lowest BCUT2D eigenvalue weighted by molar-refractivity contribution is -0.126. The van der Waals surface area contributed by atoms with Gasteiger partial charge < -0.3 is 10.6 Å². The second-order valence-electron chi connectivity index (χ2n) is 4.47. The summed E-state index contributed by atoms with van der Waals surface area (Å²) in [6.45, 7) is 2.11. The SMILES string of the molecule is CCC(CSC)N(C)C(=O)/C=C/c1ccc(N)cc1. The summed E-state index contributed by atoms with van der Waals surface area (Å²) in [6, 6.07) is 7.75. The lowest BCUT2D eigenvalue weighted by Crippen LogP contribution is -2.37. The topological polar surface area (TPSA) is 46.3 Å². The van der Waals surface area contributed by atoms with Gasteiger partial charge in [-0.3, -0.25) is 4.79 Å². The average Bonchev–Trinajstić information content (AvgIpc) is 2.43. The molecular weight excluding hydrogens is 256 g/mol. The van der Waals surface area contributed by atoms with Crippen molar-refractivity contribution in [2.24, 2.45) is 0 Å². The largest absolute Gasteiger partial charge is 0.399 e. The van der Waals surface area contributed by atoms with Crippen LogP contribution < -0.4 is 5.73 Å². The van der Waals surface area contributed by atoms with Crippen molar-refractivity contribution in [3.8, 4) is 0 Å². The first kappa shape index (κ1) is 15.6. The van der Waals surface area contributed by atoms with Gasteiger partial charge in [0.2, 0.25) is 5.91 Å². The number of nitrogen functional groups attached to an aromatic ring is 1. The van der Waals surface area contributed by atoms with Crippen molar-refractivity contribution in [3.63, 3.8) is 0 Å². The second-order valence-corrected chi connectivity index (χ2v) is 5.38. The molecule has 0 heterocycles. The maximum absolute atomic E-state index is 12.1. The molecule has 0 spiro atoms. The van der Waals surface area contributed by atoms with Gasteiger partial charge in [0.05, 0.1) is 0 Å². The molecule has 1 amide bonds. The van der Waals surface area contributed by atoms with E-state index in [0.29, 0.717) is 6.04 Å². The van der Waals surface area contributed by atoms with E-state index in [-0.39, 0.29) is 5.91 Å². The van der Waals surface area contributed by atoms with Crippen molar-refractivity contribution in [1.29, 1.82) is 0 Å². The third-order valence-electron chi connectivity index (χ3n) is 3.08. The van der Waals surface area contributed by atoms with E-state index in [1.54, 1.807) is 17.8 Å². The van der Waals surface area contributed by atoms with Gasteiger partial charge in [-0.1, -0.05) is 19.1 Å². The second kappa shape index (κ2) is 7.89. The number of carbonyl (C=O) groups excluding carboxylic acids is 1. The van der Waals surface area contributed by atoms with E-state index >= 15 is 0 Å². The fourth-order valence-electron chi connectivity index (χ4n) is 1.77. The van der Waals surface area contributed by atoms with Crippen LogP contribution in [0.1, 0.15) is 18.9 Å². The molecule has 3 nitrogen and oxygen atoms in total. The molecule has 0 aliphatic carbocycles. The van der Waals surface area contributed by atoms with Crippen molar-refractivity contribution in [2.75, 3.05) is 24.8 Å². The van der Waals surface area contributed by atoms with Crippen LogP contribution in [0, 0.1) is 0 Å². The third-order valence-corrected chi connectivity index (χ3v) is 3.80. The van der Waals surface area contributed by atoms with Gasteiger partial charge in [0.15, 0.2) is 0 Å². The van der Waals surface area contributed by atoms with Gasteiger partial charge in [0, 0.05) is 30.6 Å². The number of benzene rings is 1. The van der Waals surface area contributed by atoms with Crippen LogP contribution in [0.2, 0.25) is 0 Å². The van der Waals surface area contributed by atoms with E-state index in [1.807, 2.05) is 42.3 Å². The molecule has 0 saturated heterocycles. The Bertz CT molecular complexity index is 428. The number of thioether (sulfide) groups is 1. The van der Waals surface area contributed by atoms with E-state index in [2.05, 4.69) is 13.2 Å². The molecule has 0 bridgehead atoms. The molecule has 0 aromatic heterocycles. The summed E-state index contributed by atoms with van der Waals surface area (Å²) < 4.78 is 0. The quantitative estimate of drug-likeness (QED) is 0.643. The maximum Gasteiger partial charge on any atom is 0.246 e. The molecule has 0 saturated carbocycles. The normalized spacial score (nSPS) is 12.6. The first-order valence-corrected chi connectivity index (χ1v) is 7.77. The van der Waals surface area contributed by atoms with Gasteiger partial charge in [-0.05, 0) is 36.4 Å². The first-order valence-electron chi connectivity index (χ1n) is 6.37. The van der Waals surface area contributed by atoms with Crippen LogP contribution in [0.3, 0.4) is 0 Å². The highest BCUT2D eigenvalue weighted by molar-refractivity contribution is 7.98. The van der Waals surface area contributed by atoms with Crippen LogP contribution >= 0.6 is 11.8 Å². The molecule has 1 aromatic rings. The molecule has 0 aliphatic rings. The minimum absolute atomic E-state index is 0.0396. The Morgan fingerprint density at radius 3 is 2.58 bits per heavy atom. The van der Waals surface area contributed by atoms with Crippen LogP contribution in [0.15, 0.2) is 30.3 Å². The Hall–Kier alpha value is -1.42. The van der Waals surface area contributed by atoms with Gasteiger partial charge in [-0.25, -0.2) is 0 Å². The van der Waals surface area contributed by atoms with Crippen molar-refractivity contribution in [3.05, 3.63) is 35.9 Å². The number of hydrogen-bond acceptors (Lipinski definition) is 3. The molecule has 19 heavy (non-hydrogen) atoms. The van der Waals surface area contributed by atoms with Crippen molar-refractivity contribution in [2.45, 2.75) is 19.4 Å². The molecule has 0 aliphatic heterocycles. The number of hydrogen-bond donors (Lipinski definition) is 1. The minimum Gasteiger partial charge on any atom is -0.399 e. The molecule has 1 rings (SSSR count). The molecule has 0 radical (unpaired) electrons. The molecule has 1 unspecified atom stereocenters. The van der Waals surface area contributed by atoms with Crippen LogP contribution in [-0.4, -0.2) is 35.9 Å². The number of amides is 1. The van der Waals surface area contributed by atoms with E-state index in [1.165, 1.54) is 0 Å². The van der Waals surface area contributed by atoms with E-state index in [4.69, 9.17) is 5.73 Å². The maximum atomic E-state index is 12.1. The van der Waals surface area contributed by atoms with Gasteiger partial charge in [-0.15, -0.1) is 0 Å². The fourth-order valence-corrected chi connectivity index (χ4v) is 2.61. The van der Waals surface area contributed by atoms with E-state index in [9.17, 15) is 4.79 Å². The summed E-state index contributed by atoms with van der Waals surface area (Å²) in [6.07, 6.45) is 6.47. The van der Waals surface area contributed by atoms with Crippen molar-refractivity contribution < 1.29 is 4.79 Å². The Labute approximate surface area is 119 Å². The van der Waals surface area contributed by atoms with E-state index in [0.717, 1.165) is 23.4 Å². The lowest BCUT2D eigenvalue weighted by atomic mass is 10.2. The smallest absolute Gasteiger partial charge is 0.246 e. The number of anilines is 1. The van der Waals surface area contributed by atoms with Gasteiger partial charge >= 0.3 is 0 Å². The Balaban J connectivity index is 2.65. The number of nitrogens with zero attached hydrogens (tertiary/aromatic N) is 1. The summed E-state index contributed by atoms with van der Waals surface area (Å²) in [4.78, 5) is 13.9. The van der Waals surface area contributed by atoms with Crippen LogP contribution in [0.5, 0.6) is 0 Å². The summed E-state index contributed by atoms with van der Waals surface area (Å²) >= 11 is 1.76. The fraction of sp³-hybridized carbons (Fsp3) is 0.400. The monoisotopic (exact) mass is 278 g/mol. The molecule has 2 N–H and O–H groups in total. The summed E-state index contributed by atoms with van der Waals surface area (Å²) in [7, 11) is 1.86. The summed E-state index contributed by atoms with van der Waals surface area (Å²) in [5.41, 5.74) is 7.33.